The molecule has 3 nitrogen and oxygen atoms in total. The van der Waals surface area contributed by atoms with Gasteiger partial charge in [0, 0.05) is 32.7 Å². The highest BCUT2D eigenvalue weighted by atomic mass is 35.5. The maximum Gasteiger partial charge on any atom is 0.261 e. The number of nitrogens with zero attached hydrogens (tertiary/aromatic N) is 1. The van der Waals surface area contributed by atoms with E-state index in [0.29, 0.717) is 22.8 Å². The number of ether oxygens (including phenoxy) is 1. The summed E-state index contributed by atoms with van der Waals surface area (Å²) >= 11 is 8.46. The summed E-state index contributed by atoms with van der Waals surface area (Å²) in [5.41, 5.74) is 3.21. The molecular formula is C31H24ClNO2S. The highest BCUT2D eigenvalue weighted by Crippen LogP contribution is 2.57. The molecule has 1 amide bonds. The average Bonchev–Trinajstić information content (AvgIpc) is 3.07. The molecule has 0 radical (unpaired) electrons. The van der Waals surface area contributed by atoms with Gasteiger partial charge < -0.3 is 4.74 Å². The average molecular weight is 510 g/mol. The van der Waals surface area contributed by atoms with Gasteiger partial charge in [-0.15, -0.1) is 11.8 Å². The fourth-order valence-electron chi connectivity index (χ4n) is 5.12. The Bertz CT molecular complexity index is 1470. The van der Waals surface area contributed by atoms with Gasteiger partial charge in [0.2, 0.25) is 5.72 Å². The molecule has 0 saturated carbocycles. The van der Waals surface area contributed by atoms with Crippen molar-refractivity contribution >= 4 is 40.7 Å². The van der Waals surface area contributed by atoms with Crippen LogP contribution in [0.5, 0.6) is 0 Å². The summed E-state index contributed by atoms with van der Waals surface area (Å²) < 4.78 is 7.09. The lowest BCUT2D eigenvalue weighted by atomic mass is 9.89. The van der Waals surface area contributed by atoms with Crippen LogP contribution in [0.15, 0.2) is 120 Å². The molecule has 0 aliphatic carbocycles. The number of carbonyl (C=O) groups is 1. The molecule has 0 fully saturated rings. The number of thioether (sulfide) groups is 1. The van der Waals surface area contributed by atoms with Crippen LogP contribution in [0, 0.1) is 0 Å². The Hall–Kier alpha value is -3.47. The van der Waals surface area contributed by atoms with Gasteiger partial charge in [-0.2, -0.15) is 0 Å². The minimum Gasteiger partial charge on any atom is -0.462 e. The minimum absolute atomic E-state index is 0.0479. The van der Waals surface area contributed by atoms with Gasteiger partial charge in [-0.3, -0.25) is 9.69 Å². The molecule has 4 aromatic carbocycles. The molecule has 0 aromatic heterocycles. The molecule has 2 aliphatic heterocycles. The van der Waals surface area contributed by atoms with Crippen LogP contribution in [0.25, 0.3) is 5.76 Å². The third-order valence-corrected chi connectivity index (χ3v) is 8.50. The Labute approximate surface area is 220 Å². The summed E-state index contributed by atoms with van der Waals surface area (Å²) in [6, 6.07) is 36.0. The number of amides is 1. The molecule has 0 spiro atoms. The first-order valence-corrected chi connectivity index (χ1v) is 13.2. The van der Waals surface area contributed by atoms with Crippen molar-refractivity contribution in [2.24, 2.45) is 0 Å². The van der Waals surface area contributed by atoms with E-state index in [1.54, 1.807) is 11.8 Å². The molecule has 2 atom stereocenters. The van der Waals surface area contributed by atoms with Crippen molar-refractivity contribution < 1.29 is 9.53 Å². The predicted molar refractivity (Wildman–Crippen MR) is 147 cm³/mol. The molecule has 0 bridgehead atoms. The van der Waals surface area contributed by atoms with E-state index in [1.807, 2.05) is 109 Å². The Morgan fingerprint density at radius 2 is 1.50 bits per heavy atom. The van der Waals surface area contributed by atoms with E-state index in [1.165, 1.54) is 0 Å². The summed E-state index contributed by atoms with van der Waals surface area (Å²) in [5.74, 6) is 0.555. The molecule has 4 aromatic rings. The fraction of sp³-hybridized carbons (Fsp3) is 0.129. The normalized spacial score (nSPS) is 21.3. The van der Waals surface area contributed by atoms with Crippen LogP contribution in [0.4, 0.5) is 5.69 Å². The molecule has 6 rings (SSSR count). The lowest BCUT2D eigenvalue weighted by Crippen LogP contribution is -2.55. The van der Waals surface area contributed by atoms with Gasteiger partial charge in [-0.05, 0) is 30.7 Å². The lowest BCUT2D eigenvalue weighted by Gasteiger charge is -2.48. The van der Waals surface area contributed by atoms with E-state index in [2.05, 4.69) is 12.1 Å². The monoisotopic (exact) mass is 509 g/mol. The van der Waals surface area contributed by atoms with Crippen LogP contribution >= 0.6 is 23.4 Å². The summed E-state index contributed by atoms with van der Waals surface area (Å²) in [5, 5.41) is 0.662. The van der Waals surface area contributed by atoms with E-state index in [4.69, 9.17) is 16.3 Å². The zero-order chi connectivity index (χ0) is 24.7. The molecule has 2 heterocycles. The van der Waals surface area contributed by atoms with Crippen molar-refractivity contribution in [1.82, 2.24) is 0 Å². The highest BCUT2D eigenvalue weighted by molar-refractivity contribution is 7.99. The lowest BCUT2D eigenvalue weighted by molar-refractivity contribution is -0.122. The topological polar surface area (TPSA) is 29.5 Å². The Balaban J connectivity index is 1.64. The number of para-hydroxylation sites is 1. The van der Waals surface area contributed by atoms with Crippen LogP contribution < -0.4 is 4.90 Å². The highest BCUT2D eigenvalue weighted by Gasteiger charge is 2.53. The second-order valence-corrected chi connectivity index (χ2v) is 10.7. The first-order valence-electron chi connectivity index (χ1n) is 11.9. The Morgan fingerprint density at radius 1 is 0.861 bits per heavy atom. The molecule has 36 heavy (non-hydrogen) atoms. The molecule has 0 saturated heterocycles. The maximum absolute atomic E-state index is 14.3. The third-order valence-electron chi connectivity index (χ3n) is 6.85. The van der Waals surface area contributed by atoms with Crippen molar-refractivity contribution in [2.45, 2.75) is 29.2 Å². The van der Waals surface area contributed by atoms with Gasteiger partial charge in [-0.1, -0.05) is 103 Å². The number of carbonyl (C=O) groups excluding carboxylic acids is 1. The molecule has 178 valence electrons. The van der Waals surface area contributed by atoms with Crippen LogP contribution in [0.3, 0.4) is 0 Å². The number of rotatable bonds is 3. The smallest absolute Gasteiger partial charge is 0.261 e. The Morgan fingerprint density at radius 3 is 2.25 bits per heavy atom. The zero-order valence-electron chi connectivity index (χ0n) is 19.7. The summed E-state index contributed by atoms with van der Waals surface area (Å²) in [4.78, 5) is 17.2. The molecule has 2 aliphatic rings. The number of hydrogen-bond acceptors (Lipinski definition) is 3. The molecule has 5 heteroatoms. The first kappa shape index (κ1) is 23.0. The van der Waals surface area contributed by atoms with E-state index >= 15 is 0 Å². The number of fused-ring (bicyclic) bond motifs is 3. The van der Waals surface area contributed by atoms with E-state index in [-0.39, 0.29) is 11.2 Å². The van der Waals surface area contributed by atoms with Crippen molar-refractivity contribution in [3.8, 4) is 0 Å². The number of halogens is 1. The first-order chi connectivity index (χ1) is 17.6. The maximum atomic E-state index is 14.3. The second-order valence-electron chi connectivity index (χ2n) is 9.01. The van der Waals surface area contributed by atoms with Gasteiger partial charge >= 0.3 is 0 Å². The van der Waals surface area contributed by atoms with Crippen molar-refractivity contribution in [3.63, 3.8) is 0 Å². The molecule has 0 N–H and O–H groups in total. The van der Waals surface area contributed by atoms with E-state index < -0.39 is 5.72 Å². The van der Waals surface area contributed by atoms with Gasteiger partial charge in [0.1, 0.15) is 5.76 Å². The van der Waals surface area contributed by atoms with Crippen molar-refractivity contribution in [1.29, 1.82) is 0 Å². The van der Waals surface area contributed by atoms with Gasteiger partial charge in [0.15, 0.2) is 0 Å². The standard InChI is InChI=1S/C31H24ClNO2S/c1-21-29(22-12-4-2-5-13-22)35-31(23-14-6-3-7-15-23)20-28(24-16-8-9-17-25(24)32)36-27-19-11-10-18-26(27)33(31)30(21)34/h2-19,28H,20H2,1H3/t28-,31-/m1/s1. The van der Waals surface area contributed by atoms with Crippen LogP contribution in [0.2, 0.25) is 5.02 Å². The quantitative estimate of drug-likeness (QED) is 0.278. The fourth-order valence-corrected chi connectivity index (χ4v) is 6.84. The third kappa shape index (κ3) is 3.73. The van der Waals surface area contributed by atoms with E-state index in [0.717, 1.165) is 27.3 Å². The van der Waals surface area contributed by atoms with Crippen molar-refractivity contribution in [3.05, 3.63) is 136 Å². The number of hydrogen-bond donors (Lipinski definition) is 0. The summed E-state index contributed by atoms with van der Waals surface area (Å²) in [6.07, 6.45) is 0.523. The van der Waals surface area contributed by atoms with Crippen LogP contribution in [0.1, 0.15) is 35.3 Å². The number of anilines is 1. The van der Waals surface area contributed by atoms with Crippen LogP contribution in [-0.2, 0) is 15.3 Å². The SMILES string of the molecule is CC1=C(c2ccccc2)O[C@@]2(c3ccccc3)C[C@H](c3ccccc3Cl)Sc3ccccc3N2C1=O. The molecular weight excluding hydrogens is 486 g/mol. The van der Waals surface area contributed by atoms with Gasteiger partial charge in [0.25, 0.3) is 5.91 Å². The van der Waals surface area contributed by atoms with Gasteiger partial charge in [0.05, 0.1) is 11.3 Å². The van der Waals surface area contributed by atoms with Crippen LogP contribution in [-0.4, -0.2) is 5.91 Å². The Kier molecular flexibility index (Phi) is 5.87. The second kappa shape index (κ2) is 9.20. The molecule has 0 unspecified atom stereocenters. The largest absolute Gasteiger partial charge is 0.462 e. The summed E-state index contributed by atoms with van der Waals surface area (Å²) in [6.45, 7) is 1.85. The van der Waals surface area contributed by atoms with E-state index in [9.17, 15) is 4.79 Å². The van der Waals surface area contributed by atoms with Gasteiger partial charge in [-0.25, -0.2) is 0 Å². The van der Waals surface area contributed by atoms with Crippen molar-refractivity contribution in [2.75, 3.05) is 4.90 Å². The predicted octanol–water partition coefficient (Wildman–Crippen LogP) is 8.22. The summed E-state index contributed by atoms with van der Waals surface area (Å²) in [7, 11) is 0. The minimum atomic E-state index is -1.06. The zero-order valence-corrected chi connectivity index (χ0v) is 21.3. The number of benzene rings is 4.